The number of halogens is 1. The smallest absolute Gasteiger partial charge is 0.240 e. The van der Waals surface area contributed by atoms with Crippen LogP contribution in [0.1, 0.15) is 12.5 Å². The molecule has 158 valence electrons. The third-order valence-electron chi connectivity index (χ3n) is 4.80. The monoisotopic (exact) mass is 496 g/mol. The van der Waals surface area contributed by atoms with Gasteiger partial charge in [0.2, 0.25) is 11.7 Å². The van der Waals surface area contributed by atoms with Crippen LogP contribution in [0.3, 0.4) is 0 Å². The molecule has 0 aliphatic carbocycles. The van der Waals surface area contributed by atoms with Crippen LogP contribution in [0.4, 0.5) is 5.69 Å². The Bertz CT molecular complexity index is 1160. The van der Waals surface area contributed by atoms with E-state index >= 15 is 0 Å². The predicted octanol–water partition coefficient (Wildman–Crippen LogP) is 5.49. The summed E-state index contributed by atoms with van der Waals surface area (Å²) in [4.78, 5) is 14.7. The van der Waals surface area contributed by atoms with Gasteiger partial charge in [0.25, 0.3) is 0 Å². The standard InChI is InChI=1S/C23H21BrN4O2S/c1-16(22(29)27(2)18-11-7-4-8-12-18)31-23-26-25-21(19-13-14-20(24)30-19)28(23)15-17-9-5-3-6-10-17/h3-14,16H,15H2,1-2H3. The van der Waals surface area contributed by atoms with Gasteiger partial charge in [-0.05, 0) is 52.7 Å². The number of carbonyl (C=O) groups excluding carboxylic acids is 1. The van der Waals surface area contributed by atoms with Crippen molar-refractivity contribution in [2.24, 2.45) is 0 Å². The van der Waals surface area contributed by atoms with Crippen LogP contribution in [0.2, 0.25) is 0 Å². The lowest BCUT2D eigenvalue weighted by atomic mass is 10.2. The van der Waals surface area contributed by atoms with Gasteiger partial charge in [0.1, 0.15) is 0 Å². The van der Waals surface area contributed by atoms with Crippen molar-refractivity contribution in [3.63, 3.8) is 0 Å². The van der Waals surface area contributed by atoms with Gasteiger partial charge in [0.05, 0.1) is 11.8 Å². The molecular formula is C23H21BrN4O2S. The lowest BCUT2D eigenvalue weighted by Crippen LogP contribution is -2.33. The van der Waals surface area contributed by atoms with E-state index in [1.165, 1.54) is 11.8 Å². The maximum absolute atomic E-state index is 13.0. The minimum atomic E-state index is -0.347. The van der Waals surface area contributed by atoms with Gasteiger partial charge in [0.15, 0.2) is 15.6 Å². The van der Waals surface area contributed by atoms with Crippen molar-refractivity contribution in [3.05, 3.63) is 83.0 Å². The van der Waals surface area contributed by atoms with Crippen molar-refractivity contribution >= 4 is 39.3 Å². The van der Waals surface area contributed by atoms with Gasteiger partial charge in [-0.1, -0.05) is 60.3 Å². The highest BCUT2D eigenvalue weighted by Crippen LogP contribution is 2.30. The van der Waals surface area contributed by atoms with E-state index in [0.717, 1.165) is 11.3 Å². The Hall–Kier alpha value is -2.84. The van der Waals surface area contributed by atoms with Crippen LogP contribution in [0, 0.1) is 0 Å². The quantitative estimate of drug-likeness (QED) is 0.316. The molecule has 4 rings (SSSR count). The maximum Gasteiger partial charge on any atom is 0.240 e. The summed E-state index contributed by atoms with van der Waals surface area (Å²) in [7, 11) is 1.79. The Morgan fingerprint density at radius 3 is 2.39 bits per heavy atom. The van der Waals surface area contributed by atoms with Crippen LogP contribution in [-0.4, -0.2) is 33.0 Å². The fourth-order valence-corrected chi connectivity index (χ4v) is 4.41. The molecule has 0 bridgehead atoms. The second-order valence-corrected chi connectivity index (χ2v) is 9.06. The highest BCUT2D eigenvalue weighted by molar-refractivity contribution is 9.10. The average molecular weight is 497 g/mol. The Balaban J connectivity index is 1.61. The molecule has 1 unspecified atom stereocenters. The first-order valence-electron chi connectivity index (χ1n) is 9.75. The molecule has 0 aliphatic heterocycles. The van der Waals surface area contributed by atoms with Gasteiger partial charge in [-0.25, -0.2) is 0 Å². The Kier molecular flexibility index (Phi) is 6.58. The fourth-order valence-electron chi connectivity index (χ4n) is 3.16. The number of hydrogen-bond donors (Lipinski definition) is 0. The molecule has 0 spiro atoms. The summed E-state index contributed by atoms with van der Waals surface area (Å²) < 4.78 is 8.33. The first-order valence-corrected chi connectivity index (χ1v) is 11.4. The van der Waals surface area contributed by atoms with Gasteiger partial charge in [-0.2, -0.15) is 0 Å². The van der Waals surface area contributed by atoms with Crippen LogP contribution < -0.4 is 4.90 Å². The van der Waals surface area contributed by atoms with Gasteiger partial charge in [-0.3, -0.25) is 9.36 Å². The molecule has 0 radical (unpaired) electrons. The third kappa shape index (κ3) is 4.91. The summed E-state index contributed by atoms with van der Waals surface area (Å²) >= 11 is 4.73. The van der Waals surface area contributed by atoms with Gasteiger partial charge < -0.3 is 9.32 Å². The summed E-state index contributed by atoms with van der Waals surface area (Å²) in [5, 5.41) is 9.06. The fraction of sp³-hybridized carbons (Fsp3) is 0.174. The van der Waals surface area contributed by atoms with Crippen LogP contribution in [-0.2, 0) is 11.3 Å². The summed E-state index contributed by atoms with van der Waals surface area (Å²) in [5.41, 5.74) is 1.96. The molecular weight excluding hydrogens is 476 g/mol. The number of nitrogens with zero attached hydrogens (tertiary/aromatic N) is 4. The zero-order chi connectivity index (χ0) is 21.8. The lowest BCUT2D eigenvalue weighted by Gasteiger charge is -2.21. The number of hydrogen-bond acceptors (Lipinski definition) is 5. The number of carbonyl (C=O) groups is 1. The highest BCUT2D eigenvalue weighted by atomic mass is 79.9. The maximum atomic E-state index is 13.0. The second kappa shape index (κ2) is 9.53. The molecule has 31 heavy (non-hydrogen) atoms. The molecule has 4 aromatic rings. The van der Waals surface area contributed by atoms with Crippen LogP contribution in [0.15, 0.2) is 87.0 Å². The molecule has 8 heteroatoms. The molecule has 2 aromatic heterocycles. The van der Waals surface area contributed by atoms with E-state index in [1.54, 1.807) is 11.9 Å². The number of rotatable bonds is 7. The summed E-state index contributed by atoms with van der Waals surface area (Å²) in [5.74, 6) is 1.23. The number of furan rings is 1. The van der Waals surface area contributed by atoms with Crippen LogP contribution in [0.25, 0.3) is 11.6 Å². The summed E-state index contributed by atoms with van der Waals surface area (Å²) in [6.07, 6.45) is 0. The normalized spacial score (nSPS) is 12.0. The summed E-state index contributed by atoms with van der Waals surface area (Å²) in [6, 6.07) is 23.3. The first kappa shape index (κ1) is 21.4. The van der Waals surface area contributed by atoms with E-state index in [9.17, 15) is 4.79 Å². The van der Waals surface area contributed by atoms with E-state index in [0.29, 0.717) is 28.0 Å². The Labute approximate surface area is 193 Å². The van der Waals surface area contributed by atoms with E-state index in [1.807, 2.05) is 84.3 Å². The Morgan fingerprint density at radius 2 is 1.74 bits per heavy atom. The average Bonchev–Trinajstić information content (AvgIpc) is 3.40. The first-order chi connectivity index (χ1) is 15.0. The van der Waals surface area contributed by atoms with Gasteiger partial charge >= 0.3 is 0 Å². The van der Waals surface area contributed by atoms with E-state index < -0.39 is 0 Å². The molecule has 0 saturated heterocycles. The lowest BCUT2D eigenvalue weighted by molar-refractivity contribution is -0.117. The largest absolute Gasteiger partial charge is 0.446 e. The summed E-state index contributed by atoms with van der Waals surface area (Å²) in [6.45, 7) is 2.45. The second-order valence-electron chi connectivity index (χ2n) is 6.97. The molecule has 0 fully saturated rings. The van der Waals surface area contributed by atoms with Crippen molar-refractivity contribution in [1.29, 1.82) is 0 Å². The van der Waals surface area contributed by atoms with Crippen LogP contribution >= 0.6 is 27.7 Å². The number of benzene rings is 2. The number of anilines is 1. The third-order valence-corrected chi connectivity index (χ3v) is 6.29. The van der Waals surface area contributed by atoms with E-state index in [4.69, 9.17) is 4.42 Å². The molecule has 6 nitrogen and oxygen atoms in total. The van der Waals surface area contributed by atoms with Gasteiger partial charge in [0, 0.05) is 12.7 Å². The minimum Gasteiger partial charge on any atom is -0.446 e. The van der Waals surface area contributed by atoms with E-state index in [-0.39, 0.29) is 11.2 Å². The number of thioether (sulfide) groups is 1. The molecule has 0 aliphatic rings. The van der Waals surface area contributed by atoms with Crippen molar-refractivity contribution in [2.75, 3.05) is 11.9 Å². The highest BCUT2D eigenvalue weighted by Gasteiger charge is 2.24. The Morgan fingerprint density at radius 1 is 1.06 bits per heavy atom. The topological polar surface area (TPSA) is 64.2 Å². The molecule has 1 amide bonds. The van der Waals surface area contributed by atoms with E-state index in [2.05, 4.69) is 26.1 Å². The van der Waals surface area contributed by atoms with Crippen molar-refractivity contribution in [1.82, 2.24) is 14.8 Å². The number of amides is 1. The molecule has 1 atom stereocenters. The molecule has 2 aromatic carbocycles. The molecule has 0 saturated carbocycles. The number of aromatic nitrogens is 3. The zero-order valence-corrected chi connectivity index (χ0v) is 19.5. The van der Waals surface area contributed by atoms with Gasteiger partial charge in [-0.15, -0.1) is 10.2 Å². The van der Waals surface area contributed by atoms with Crippen molar-refractivity contribution in [2.45, 2.75) is 23.9 Å². The minimum absolute atomic E-state index is 0.00671. The predicted molar refractivity (Wildman–Crippen MR) is 126 cm³/mol. The number of para-hydroxylation sites is 1. The van der Waals surface area contributed by atoms with Crippen molar-refractivity contribution < 1.29 is 9.21 Å². The SMILES string of the molecule is CC(Sc1nnc(-c2ccc(Br)o2)n1Cc1ccccc1)C(=O)N(C)c1ccccc1. The van der Waals surface area contributed by atoms with Crippen molar-refractivity contribution in [3.8, 4) is 11.6 Å². The molecule has 0 N–H and O–H groups in total. The molecule has 2 heterocycles. The van der Waals surface area contributed by atoms with Crippen LogP contribution in [0.5, 0.6) is 0 Å². The zero-order valence-electron chi connectivity index (χ0n) is 17.1.